The molecule has 0 atom stereocenters. The van der Waals surface area contributed by atoms with Crippen LogP contribution in [0.15, 0.2) is 18.2 Å². The molecule has 0 amide bonds. The summed E-state index contributed by atoms with van der Waals surface area (Å²) in [4.78, 5) is 4.59. The fourth-order valence-electron chi connectivity index (χ4n) is 2.73. The van der Waals surface area contributed by atoms with Crippen molar-refractivity contribution < 1.29 is 0 Å². The van der Waals surface area contributed by atoms with E-state index in [1.807, 2.05) is 18.2 Å². The molecule has 2 rings (SSSR count). The standard InChI is InChI=1S/C14H22ClN3/c1-17(2)14(7-4-8-14)10-18(3)13-6-5-11(15)9-12(13)16/h5-6,9H,4,7-8,10,16H2,1-3H3. The fraction of sp³-hybridized carbons (Fsp3) is 0.571. The van der Waals surface area contributed by atoms with Crippen LogP contribution in [0.2, 0.25) is 5.02 Å². The van der Waals surface area contributed by atoms with Crippen molar-refractivity contribution in [1.82, 2.24) is 4.90 Å². The van der Waals surface area contributed by atoms with Crippen LogP contribution in [0.25, 0.3) is 0 Å². The van der Waals surface area contributed by atoms with Crippen LogP contribution in [0.3, 0.4) is 0 Å². The van der Waals surface area contributed by atoms with E-state index >= 15 is 0 Å². The highest BCUT2D eigenvalue weighted by molar-refractivity contribution is 6.31. The Balaban J connectivity index is 2.14. The molecule has 0 spiro atoms. The summed E-state index contributed by atoms with van der Waals surface area (Å²) in [6, 6.07) is 5.71. The third kappa shape index (κ3) is 2.43. The first-order valence-electron chi connectivity index (χ1n) is 6.38. The largest absolute Gasteiger partial charge is 0.397 e. The number of benzene rings is 1. The number of hydrogen-bond donors (Lipinski definition) is 1. The van der Waals surface area contributed by atoms with Gasteiger partial charge in [-0.05, 0) is 51.6 Å². The van der Waals surface area contributed by atoms with E-state index in [-0.39, 0.29) is 0 Å². The summed E-state index contributed by atoms with van der Waals surface area (Å²) in [7, 11) is 6.43. The second-order valence-corrected chi connectivity index (χ2v) is 5.97. The van der Waals surface area contributed by atoms with Crippen LogP contribution >= 0.6 is 11.6 Å². The van der Waals surface area contributed by atoms with Crippen molar-refractivity contribution in [1.29, 1.82) is 0 Å². The minimum atomic E-state index is 0.306. The molecule has 1 fully saturated rings. The van der Waals surface area contributed by atoms with Crippen molar-refractivity contribution in [2.45, 2.75) is 24.8 Å². The molecule has 0 aromatic heterocycles. The van der Waals surface area contributed by atoms with Gasteiger partial charge >= 0.3 is 0 Å². The zero-order valence-electron chi connectivity index (χ0n) is 11.4. The second-order valence-electron chi connectivity index (χ2n) is 5.53. The first kappa shape index (κ1) is 13.5. The molecular weight excluding hydrogens is 246 g/mol. The van der Waals surface area contributed by atoms with Gasteiger partial charge in [0, 0.05) is 24.2 Å². The van der Waals surface area contributed by atoms with E-state index in [2.05, 4.69) is 30.9 Å². The van der Waals surface area contributed by atoms with E-state index in [4.69, 9.17) is 17.3 Å². The number of nitrogens with zero attached hydrogens (tertiary/aromatic N) is 2. The Morgan fingerprint density at radius 3 is 2.39 bits per heavy atom. The predicted octanol–water partition coefficient (Wildman–Crippen LogP) is 2.84. The summed E-state index contributed by atoms with van der Waals surface area (Å²) < 4.78 is 0. The van der Waals surface area contributed by atoms with E-state index in [0.717, 1.165) is 17.9 Å². The Kier molecular flexibility index (Phi) is 3.74. The Morgan fingerprint density at radius 1 is 1.28 bits per heavy atom. The summed E-state index contributed by atoms with van der Waals surface area (Å²) in [6.07, 6.45) is 3.85. The van der Waals surface area contributed by atoms with Crippen LogP contribution in [0.1, 0.15) is 19.3 Å². The molecule has 0 aliphatic heterocycles. The molecule has 0 bridgehead atoms. The van der Waals surface area contributed by atoms with E-state index in [0.29, 0.717) is 10.6 Å². The van der Waals surface area contributed by atoms with Gasteiger partial charge in [0.15, 0.2) is 0 Å². The smallest absolute Gasteiger partial charge is 0.0599 e. The number of halogens is 1. The van der Waals surface area contributed by atoms with Crippen LogP contribution in [0.4, 0.5) is 11.4 Å². The van der Waals surface area contributed by atoms with Crippen LogP contribution in [-0.4, -0.2) is 38.1 Å². The molecule has 0 unspecified atom stereocenters. The number of rotatable bonds is 4. The summed E-state index contributed by atoms with van der Waals surface area (Å²) in [5, 5.41) is 0.690. The topological polar surface area (TPSA) is 32.5 Å². The molecule has 4 heteroatoms. The molecule has 1 aliphatic carbocycles. The van der Waals surface area contributed by atoms with Gasteiger partial charge in [0.2, 0.25) is 0 Å². The quantitative estimate of drug-likeness (QED) is 0.852. The molecule has 0 heterocycles. The first-order valence-corrected chi connectivity index (χ1v) is 6.76. The van der Waals surface area contributed by atoms with Gasteiger partial charge in [-0.3, -0.25) is 0 Å². The van der Waals surface area contributed by atoms with Crippen LogP contribution < -0.4 is 10.6 Å². The van der Waals surface area contributed by atoms with E-state index in [9.17, 15) is 0 Å². The molecule has 0 radical (unpaired) electrons. The van der Waals surface area contributed by atoms with Crippen molar-refractivity contribution in [3.63, 3.8) is 0 Å². The lowest BCUT2D eigenvalue weighted by Crippen LogP contribution is -2.56. The van der Waals surface area contributed by atoms with Gasteiger partial charge in [-0.2, -0.15) is 0 Å². The van der Waals surface area contributed by atoms with E-state index in [1.165, 1.54) is 19.3 Å². The van der Waals surface area contributed by atoms with Crippen molar-refractivity contribution in [3.8, 4) is 0 Å². The van der Waals surface area contributed by atoms with Crippen molar-refractivity contribution in [3.05, 3.63) is 23.2 Å². The lowest BCUT2D eigenvalue weighted by Gasteiger charge is -2.49. The Bertz CT molecular complexity index is 427. The molecule has 3 nitrogen and oxygen atoms in total. The van der Waals surface area contributed by atoms with E-state index < -0.39 is 0 Å². The van der Waals surface area contributed by atoms with Gasteiger partial charge < -0.3 is 15.5 Å². The Labute approximate surface area is 115 Å². The van der Waals surface area contributed by atoms with Gasteiger partial charge in [-0.15, -0.1) is 0 Å². The highest BCUT2D eigenvalue weighted by atomic mass is 35.5. The molecular formula is C14H22ClN3. The second kappa shape index (κ2) is 4.98. The molecule has 1 aromatic rings. The normalized spacial score (nSPS) is 17.6. The minimum absolute atomic E-state index is 0.306. The van der Waals surface area contributed by atoms with E-state index in [1.54, 1.807) is 0 Å². The lowest BCUT2D eigenvalue weighted by atomic mass is 9.75. The van der Waals surface area contributed by atoms with Crippen molar-refractivity contribution in [2.75, 3.05) is 38.3 Å². The number of nitrogens with two attached hydrogens (primary N) is 1. The highest BCUT2D eigenvalue weighted by Gasteiger charge is 2.40. The SMILES string of the molecule is CN(CC1(N(C)C)CCC1)c1ccc(Cl)cc1N. The number of anilines is 2. The number of likely N-dealkylation sites (N-methyl/N-ethyl adjacent to an activating group) is 2. The molecule has 0 saturated heterocycles. The maximum atomic E-state index is 6.04. The average Bonchev–Trinajstić information content (AvgIpc) is 2.22. The Morgan fingerprint density at radius 2 is 1.94 bits per heavy atom. The van der Waals surface area contributed by atoms with Crippen LogP contribution in [0.5, 0.6) is 0 Å². The summed E-state index contributed by atoms with van der Waals surface area (Å²) in [5.74, 6) is 0. The zero-order valence-corrected chi connectivity index (χ0v) is 12.2. The molecule has 1 saturated carbocycles. The summed E-state index contributed by atoms with van der Waals surface area (Å²) >= 11 is 5.94. The van der Waals surface area contributed by atoms with Gasteiger partial charge in [-0.25, -0.2) is 0 Å². The molecule has 18 heavy (non-hydrogen) atoms. The summed E-state index contributed by atoms with van der Waals surface area (Å²) in [6.45, 7) is 1.01. The van der Waals surface area contributed by atoms with Crippen molar-refractivity contribution >= 4 is 23.0 Å². The minimum Gasteiger partial charge on any atom is -0.397 e. The lowest BCUT2D eigenvalue weighted by molar-refractivity contribution is 0.0683. The molecule has 1 aliphatic rings. The van der Waals surface area contributed by atoms with Gasteiger partial charge in [-0.1, -0.05) is 11.6 Å². The molecule has 100 valence electrons. The number of hydrogen-bond acceptors (Lipinski definition) is 3. The highest BCUT2D eigenvalue weighted by Crippen LogP contribution is 2.38. The van der Waals surface area contributed by atoms with Gasteiger partial charge in [0.25, 0.3) is 0 Å². The number of nitrogen functional groups attached to an aromatic ring is 1. The average molecular weight is 268 g/mol. The van der Waals surface area contributed by atoms with Crippen LogP contribution in [0, 0.1) is 0 Å². The fourth-order valence-corrected chi connectivity index (χ4v) is 2.91. The van der Waals surface area contributed by atoms with Crippen molar-refractivity contribution in [2.24, 2.45) is 0 Å². The maximum Gasteiger partial charge on any atom is 0.0599 e. The third-order valence-electron chi connectivity index (χ3n) is 4.17. The monoisotopic (exact) mass is 267 g/mol. The maximum absolute atomic E-state index is 6.04. The predicted molar refractivity (Wildman–Crippen MR) is 79.4 cm³/mol. The Hall–Kier alpha value is -0.930. The summed E-state index contributed by atoms with van der Waals surface area (Å²) in [5.41, 5.74) is 8.15. The first-order chi connectivity index (χ1) is 8.44. The molecule has 1 aromatic carbocycles. The zero-order chi connectivity index (χ0) is 13.3. The molecule has 2 N–H and O–H groups in total. The van der Waals surface area contributed by atoms with Gasteiger partial charge in [0.05, 0.1) is 11.4 Å². The van der Waals surface area contributed by atoms with Gasteiger partial charge in [0.1, 0.15) is 0 Å². The third-order valence-corrected chi connectivity index (χ3v) is 4.40. The van der Waals surface area contributed by atoms with Crippen LogP contribution in [-0.2, 0) is 0 Å².